The number of amides is 1. The maximum atomic E-state index is 13.9. The molecule has 0 unspecified atom stereocenters. The predicted octanol–water partition coefficient (Wildman–Crippen LogP) is 3.51. The summed E-state index contributed by atoms with van der Waals surface area (Å²) >= 11 is 0. The number of hydrogen-bond donors (Lipinski definition) is 2. The Morgan fingerprint density at radius 2 is 1.75 bits per heavy atom. The van der Waals surface area contributed by atoms with E-state index in [9.17, 15) is 9.18 Å². The first kappa shape index (κ1) is 19.4. The Bertz CT molecular complexity index is 947. The lowest BCUT2D eigenvalue weighted by atomic mass is 10.2. The Labute approximate surface area is 163 Å². The quantitative estimate of drug-likeness (QED) is 0.657. The number of carbonyl (C=O) groups is 1. The molecule has 0 aliphatic carbocycles. The van der Waals surface area contributed by atoms with E-state index in [0.29, 0.717) is 18.2 Å². The Morgan fingerprint density at radius 1 is 1.04 bits per heavy atom. The highest BCUT2D eigenvalue weighted by Crippen LogP contribution is 2.19. The molecule has 0 aliphatic rings. The molecule has 0 aliphatic heterocycles. The van der Waals surface area contributed by atoms with Gasteiger partial charge in [0.2, 0.25) is 0 Å². The molecule has 0 atom stereocenters. The number of likely N-dealkylation sites (N-methyl/N-ethyl adjacent to an activating group) is 1. The van der Waals surface area contributed by atoms with Crippen LogP contribution in [0.2, 0.25) is 0 Å². The Hall–Kier alpha value is -3.32. The van der Waals surface area contributed by atoms with Gasteiger partial charge in [-0.3, -0.25) is 4.79 Å². The first-order valence-electron chi connectivity index (χ1n) is 8.92. The maximum Gasteiger partial charge on any atom is 0.274 e. The first-order chi connectivity index (χ1) is 13.5. The van der Waals surface area contributed by atoms with Gasteiger partial charge in [0.1, 0.15) is 17.3 Å². The number of nitrogens with zero attached hydrogens (tertiary/aromatic N) is 3. The van der Waals surface area contributed by atoms with Gasteiger partial charge in [0, 0.05) is 24.7 Å². The van der Waals surface area contributed by atoms with Crippen LogP contribution < -0.4 is 10.6 Å². The van der Waals surface area contributed by atoms with Crippen LogP contribution in [0.15, 0.2) is 60.7 Å². The molecule has 0 radical (unpaired) electrons. The van der Waals surface area contributed by atoms with E-state index in [2.05, 4.69) is 20.6 Å². The largest absolute Gasteiger partial charge is 0.369 e. The SMILES string of the molecule is CN(C)CCNc1cc(C(=O)Nc2ccccc2F)nc(-c2ccccc2)n1. The number of halogens is 1. The van der Waals surface area contributed by atoms with Crippen molar-refractivity contribution >= 4 is 17.4 Å². The second kappa shape index (κ2) is 9.05. The standard InChI is InChI=1S/C21H22FN5O/c1-27(2)13-12-23-19-14-18(21(28)25-17-11-7-6-10-16(17)22)24-20(26-19)15-8-4-3-5-9-15/h3-11,14H,12-13H2,1-2H3,(H,25,28)(H,23,24,26). The summed E-state index contributed by atoms with van der Waals surface area (Å²) in [6.07, 6.45) is 0. The van der Waals surface area contributed by atoms with E-state index in [1.165, 1.54) is 12.1 Å². The molecule has 3 aromatic rings. The van der Waals surface area contributed by atoms with Crippen molar-refractivity contribution in [2.45, 2.75) is 0 Å². The number of para-hydroxylation sites is 1. The minimum Gasteiger partial charge on any atom is -0.369 e. The number of hydrogen-bond acceptors (Lipinski definition) is 5. The molecule has 0 bridgehead atoms. The maximum absolute atomic E-state index is 13.9. The van der Waals surface area contributed by atoms with Gasteiger partial charge in [-0.25, -0.2) is 14.4 Å². The average molecular weight is 379 g/mol. The second-order valence-electron chi connectivity index (χ2n) is 6.49. The molecule has 1 aromatic heterocycles. The van der Waals surface area contributed by atoms with Crippen molar-refractivity contribution in [3.8, 4) is 11.4 Å². The van der Waals surface area contributed by atoms with E-state index in [0.717, 1.165) is 12.1 Å². The van der Waals surface area contributed by atoms with Gasteiger partial charge < -0.3 is 15.5 Å². The van der Waals surface area contributed by atoms with Crippen LogP contribution in [-0.4, -0.2) is 48.0 Å². The van der Waals surface area contributed by atoms with Gasteiger partial charge in [-0.15, -0.1) is 0 Å². The lowest BCUT2D eigenvalue weighted by Gasteiger charge is -2.13. The third-order valence-electron chi connectivity index (χ3n) is 3.98. The van der Waals surface area contributed by atoms with Crippen molar-refractivity contribution < 1.29 is 9.18 Å². The van der Waals surface area contributed by atoms with Gasteiger partial charge in [-0.05, 0) is 26.2 Å². The number of rotatable bonds is 7. The number of benzene rings is 2. The summed E-state index contributed by atoms with van der Waals surface area (Å²) in [6, 6.07) is 17.0. The van der Waals surface area contributed by atoms with Crippen LogP contribution in [0, 0.1) is 5.82 Å². The molecule has 3 rings (SSSR count). The summed E-state index contributed by atoms with van der Waals surface area (Å²) in [7, 11) is 3.95. The van der Waals surface area contributed by atoms with E-state index in [4.69, 9.17) is 0 Å². The Kier molecular flexibility index (Phi) is 6.29. The summed E-state index contributed by atoms with van der Waals surface area (Å²) < 4.78 is 13.9. The van der Waals surface area contributed by atoms with Crippen molar-refractivity contribution in [3.63, 3.8) is 0 Å². The van der Waals surface area contributed by atoms with Crippen molar-refractivity contribution in [1.29, 1.82) is 0 Å². The monoisotopic (exact) mass is 379 g/mol. The molecule has 7 heteroatoms. The fourth-order valence-electron chi connectivity index (χ4n) is 2.53. The van der Waals surface area contributed by atoms with Crippen molar-refractivity contribution in [3.05, 3.63) is 72.2 Å². The van der Waals surface area contributed by atoms with Crippen LogP contribution in [0.25, 0.3) is 11.4 Å². The lowest BCUT2D eigenvalue weighted by molar-refractivity contribution is 0.102. The normalized spacial score (nSPS) is 10.7. The fourth-order valence-corrected chi connectivity index (χ4v) is 2.53. The average Bonchev–Trinajstić information content (AvgIpc) is 2.70. The predicted molar refractivity (Wildman–Crippen MR) is 109 cm³/mol. The second-order valence-corrected chi connectivity index (χ2v) is 6.49. The van der Waals surface area contributed by atoms with E-state index in [1.807, 2.05) is 49.3 Å². The molecule has 0 spiro atoms. The summed E-state index contributed by atoms with van der Waals surface area (Å²) in [6.45, 7) is 1.47. The van der Waals surface area contributed by atoms with E-state index < -0.39 is 11.7 Å². The number of anilines is 2. The van der Waals surface area contributed by atoms with Gasteiger partial charge in [0.25, 0.3) is 5.91 Å². The van der Waals surface area contributed by atoms with Gasteiger partial charge in [0.15, 0.2) is 5.82 Å². The summed E-state index contributed by atoms with van der Waals surface area (Å²) in [5.74, 6) is -0.0404. The number of aromatic nitrogens is 2. The van der Waals surface area contributed by atoms with Crippen LogP contribution >= 0.6 is 0 Å². The molecule has 1 heterocycles. The molecule has 0 saturated heterocycles. The molecule has 2 aromatic carbocycles. The third-order valence-corrected chi connectivity index (χ3v) is 3.98. The van der Waals surface area contributed by atoms with Crippen LogP contribution in [0.4, 0.5) is 15.9 Å². The number of nitrogens with one attached hydrogen (secondary N) is 2. The van der Waals surface area contributed by atoms with Gasteiger partial charge >= 0.3 is 0 Å². The zero-order chi connectivity index (χ0) is 19.9. The highest BCUT2D eigenvalue weighted by Gasteiger charge is 2.15. The fraction of sp³-hybridized carbons (Fsp3) is 0.190. The molecular weight excluding hydrogens is 357 g/mol. The number of carbonyl (C=O) groups excluding carboxylic acids is 1. The molecular formula is C21H22FN5O. The Morgan fingerprint density at radius 3 is 2.46 bits per heavy atom. The smallest absolute Gasteiger partial charge is 0.274 e. The summed E-state index contributed by atoms with van der Waals surface area (Å²) in [4.78, 5) is 23.6. The first-order valence-corrected chi connectivity index (χ1v) is 8.92. The molecule has 0 saturated carbocycles. The molecule has 28 heavy (non-hydrogen) atoms. The van der Waals surface area contributed by atoms with Gasteiger partial charge in [0.05, 0.1) is 5.69 Å². The molecule has 1 amide bonds. The molecule has 2 N–H and O–H groups in total. The summed E-state index contributed by atoms with van der Waals surface area (Å²) in [5, 5.41) is 5.78. The lowest BCUT2D eigenvalue weighted by Crippen LogP contribution is -2.22. The highest BCUT2D eigenvalue weighted by molar-refractivity contribution is 6.03. The van der Waals surface area contributed by atoms with Gasteiger partial charge in [-0.1, -0.05) is 42.5 Å². The molecule has 6 nitrogen and oxygen atoms in total. The minimum atomic E-state index is -0.502. The van der Waals surface area contributed by atoms with Crippen LogP contribution in [0.1, 0.15) is 10.5 Å². The molecule has 0 fully saturated rings. The van der Waals surface area contributed by atoms with Crippen LogP contribution in [0.3, 0.4) is 0 Å². The van der Waals surface area contributed by atoms with E-state index >= 15 is 0 Å². The van der Waals surface area contributed by atoms with Crippen molar-refractivity contribution in [2.24, 2.45) is 0 Å². The Balaban J connectivity index is 1.90. The summed E-state index contributed by atoms with van der Waals surface area (Å²) in [5.41, 5.74) is 1.05. The van der Waals surface area contributed by atoms with Crippen molar-refractivity contribution in [2.75, 3.05) is 37.8 Å². The van der Waals surface area contributed by atoms with E-state index in [1.54, 1.807) is 18.2 Å². The minimum absolute atomic E-state index is 0.106. The zero-order valence-electron chi connectivity index (χ0n) is 15.8. The van der Waals surface area contributed by atoms with Crippen molar-refractivity contribution in [1.82, 2.24) is 14.9 Å². The van der Waals surface area contributed by atoms with Gasteiger partial charge in [-0.2, -0.15) is 0 Å². The third kappa shape index (κ3) is 5.11. The zero-order valence-corrected chi connectivity index (χ0v) is 15.8. The molecule has 144 valence electrons. The van der Waals surface area contributed by atoms with Crippen LogP contribution in [-0.2, 0) is 0 Å². The topological polar surface area (TPSA) is 70.2 Å². The van der Waals surface area contributed by atoms with E-state index in [-0.39, 0.29) is 11.4 Å². The highest BCUT2D eigenvalue weighted by atomic mass is 19.1. The van der Waals surface area contributed by atoms with Crippen LogP contribution in [0.5, 0.6) is 0 Å².